The number of anilines is 1. The highest BCUT2D eigenvalue weighted by molar-refractivity contribution is 7.22. The number of aliphatic hydroxyl groups excluding tert-OH is 1. The van der Waals surface area contributed by atoms with Crippen LogP contribution in [-0.4, -0.2) is 34.5 Å². The maximum absolute atomic E-state index is 13.7. The lowest BCUT2D eigenvalue weighted by molar-refractivity contribution is -0.132. The molecule has 202 valence electrons. The smallest absolute Gasteiger partial charge is 0.301 e. The summed E-state index contributed by atoms with van der Waals surface area (Å²) in [5.41, 5.74) is 4.87. The molecule has 40 heavy (non-hydrogen) atoms. The van der Waals surface area contributed by atoms with Gasteiger partial charge in [-0.3, -0.25) is 14.5 Å². The van der Waals surface area contributed by atoms with E-state index in [0.29, 0.717) is 35.0 Å². The molecule has 1 N–H and O–H groups in total. The molecule has 0 saturated carbocycles. The van der Waals surface area contributed by atoms with Crippen molar-refractivity contribution < 1.29 is 24.2 Å². The lowest BCUT2D eigenvalue weighted by atomic mass is 9.94. The normalized spacial score (nSPS) is 19.6. The van der Waals surface area contributed by atoms with Crippen molar-refractivity contribution in [3.8, 4) is 11.5 Å². The molecule has 2 aliphatic heterocycles. The largest absolute Gasteiger partial charge is 0.507 e. The molecular formula is C32H28N2O5S. The molecule has 6 rings (SSSR count). The standard InChI is InChI=1S/C32H28N2O5S/c1-5-11-38-23-8-6-7-20(16-23)28-26(29(35)21-9-10-24-22(15-21)14-19(4)39-24)30(36)31(37)34(28)32-33-27-18(3)12-17(2)13-25(27)40-32/h5-10,12-13,15-16,19,28,35H,1,11,14H2,2-4H3/b29-26+/t19-,28-/m1/s1. The first-order valence-corrected chi connectivity index (χ1v) is 13.9. The minimum absolute atomic E-state index is 0.00458. The summed E-state index contributed by atoms with van der Waals surface area (Å²) in [5, 5.41) is 12.0. The van der Waals surface area contributed by atoms with Gasteiger partial charge >= 0.3 is 5.91 Å². The number of ketones is 1. The third kappa shape index (κ3) is 4.34. The molecule has 1 saturated heterocycles. The Bertz CT molecular complexity index is 1740. The molecule has 1 amide bonds. The van der Waals surface area contributed by atoms with Crippen molar-refractivity contribution in [2.45, 2.75) is 39.3 Å². The van der Waals surface area contributed by atoms with Gasteiger partial charge in [0.1, 0.15) is 30.0 Å². The lowest BCUT2D eigenvalue weighted by Gasteiger charge is -2.23. The monoisotopic (exact) mass is 552 g/mol. The van der Waals surface area contributed by atoms with Gasteiger partial charge in [-0.2, -0.15) is 0 Å². The predicted octanol–water partition coefficient (Wildman–Crippen LogP) is 6.43. The van der Waals surface area contributed by atoms with Crippen LogP contribution in [0.2, 0.25) is 0 Å². The Morgan fingerprint density at radius 2 is 2.02 bits per heavy atom. The van der Waals surface area contributed by atoms with Crippen LogP contribution < -0.4 is 14.4 Å². The fourth-order valence-corrected chi connectivity index (χ4v) is 6.63. The third-order valence-electron chi connectivity index (χ3n) is 7.18. The summed E-state index contributed by atoms with van der Waals surface area (Å²) >= 11 is 1.35. The molecule has 1 aromatic heterocycles. The van der Waals surface area contributed by atoms with Gasteiger partial charge in [-0.25, -0.2) is 4.98 Å². The first kappa shape index (κ1) is 25.8. The average Bonchev–Trinajstić information content (AvgIpc) is 3.59. The number of Topliss-reactive ketones (excluding diaryl/α,β-unsaturated/α-hetero) is 1. The van der Waals surface area contributed by atoms with Gasteiger partial charge in [0.25, 0.3) is 5.78 Å². The van der Waals surface area contributed by atoms with Crippen molar-refractivity contribution in [1.82, 2.24) is 4.98 Å². The fourth-order valence-electron chi connectivity index (χ4n) is 5.46. The molecule has 8 heteroatoms. The molecule has 0 unspecified atom stereocenters. The number of aryl methyl sites for hydroxylation is 2. The van der Waals surface area contributed by atoms with Gasteiger partial charge in [-0.15, -0.1) is 0 Å². The van der Waals surface area contributed by atoms with Crippen molar-refractivity contribution in [3.05, 3.63) is 101 Å². The molecule has 2 atom stereocenters. The van der Waals surface area contributed by atoms with E-state index in [4.69, 9.17) is 14.5 Å². The molecule has 4 aromatic rings. The fraction of sp³-hybridized carbons (Fsp3) is 0.219. The van der Waals surface area contributed by atoms with E-state index in [1.165, 1.54) is 16.2 Å². The number of carbonyl (C=O) groups is 2. The van der Waals surface area contributed by atoms with E-state index in [1.54, 1.807) is 36.4 Å². The molecule has 0 bridgehead atoms. The number of nitrogens with zero attached hydrogens (tertiary/aromatic N) is 2. The second-order valence-corrected chi connectivity index (χ2v) is 11.2. The van der Waals surface area contributed by atoms with Crippen LogP contribution in [0.4, 0.5) is 5.13 Å². The topological polar surface area (TPSA) is 89.0 Å². The van der Waals surface area contributed by atoms with Crippen molar-refractivity contribution in [3.63, 3.8) is 0 Å². The van der Waals surface area contributed by atoms with E-state index in [0.717, 1.165) is 32.7 Å². The highest BCUT2D eigenvalue weighted by Crippen LogP contribution is 2.45. The quantitative estimate of drug-likeness (QED) is 0.128. The van der Waals surface area contributed by atoms with Crippen molar-refractivity contribution in [1.29, 1.82) is 0 Å². The molecule has 0 spiro atoms. The number of aromatic nitrogens is 1. The van der Waals surface area contributed by atoms with E-state index in [2.05, 4.69) is 6.58 Å². The van der Waals surface area contributed by atoms with Gasteiger partial charge in [0.05, 0.1) is 21.8 Å². The van der Waals surface area contributed by atoms with Gasteiger partial charge in [-0.1, -0.05) is 42.2 Å². The first-order valence-electron chi connectivity index (χ1n) is 13.1. The maximum atomic E-state index is 13.7. The molecule has 1 fully saturated rings. The van der Waals surface area contributed by atoms with E-state index < -0.39 is 17.7 Å². The number of ether oxygens (including phenoxy) is 2. The number of aliphatic hydroxyl groups is 1. The summed E-state index contributed by atoms with van der Waals surface area (Å²) in [4.78, 5) is 33.5. The molecule has 0 radical (unpaired) electrons. The zero-order valence-electron chi connectivity index (χ0n) is 22.4. The van der Waals surface area contributed by atoms with Crippen LogP contribution in [0.1, 0.15) is 40.8 Å². The molecule has 3 aromatic carbocycles. The zero-order valence-corrected chi connectivity index (χ0v) is 23.2. The Morgan fingerprint density at radius 1 is 1.20 bits per heavy atom. The number of hydrogen-bond donors (Lipinski definition) is 1. The van der Waals surface area contributed by atoms with Gasteiger partial charge in [-0.05, 0) is 79.4 Å². The molecular weight excluding hydrogens is 524 g/mol. The molecule has 3 heterocycles. The van der Waals surface area contributed by atoms with Crippen LogP contribution in [-0.2, 0) is 16.0 Å². The van der Waals surface area contributed by atoms with Gasteiger partial charge in [0.2, 0.25) is 0 Å². The van der Waals surface area contributed by atoms with Crippen LogP contribution in [0.25, 0.3) is 16.0 Å². The number of thiazole rings is 1. The van der Waals surface area contributed by atoms with Gasteiger partial charge in [0, 0.05) is 12.0 Å². The van der Waals surface area contributed by atoms with Crippen LogP contribution in [0, 0.1) is 13.8 Å². The van der Waals surface area contributed by atoms with E-state index in [-0.39, 0.29) is 17.4 Å². The summed E-state index contributed by atoms with van der Waals surface area (Å²) in [6.07, 6.45) is 2.37. The highest BCUT2D eigenvalue weighted by Gasteiger charge is 2.48. The van der Waals surface area contributed by atoms with Crippen LogP contribution in [0.15, 0.2) is 72.8 Å². The Labute approximate surface area is 236 Å². The Hall–Kier alpha value is -4.43. The van der Waals surface area contributed by atoms with E-state index in [1.807, 2.05) is 45.0 Å². The van der Waals surface area contributed by atoms with E-state index in [9.17, 15) is 14.7 Å². The summed E-state index contributed by atoms with van der Waals surface area (Å²) in [7, 11) is 0. The minimum atomic E-state index is -0.905. The van der Waals surface area contributed by atoms with Gasteiger partial charge < -0.3 is 14.6 Å². The van der Waals surface area contributed by atoms with Crippen LogP contribution in [0.5, 0.6) is 11.5 Å². The average molecular weight is 553 g/mol. The predicted molar refractivity (Wildman–Crippen MR) is 156 cm³/mol. The van der Waals surface area contributed by atoms with Gasteiger partial charge in [0.15, 0.2) is 5.13 Å². The lowest BCUT2D eigenvalue weighted by Crippen LogP contribution is -2.29. The number of amides is 1. The Kier molecular flexibility index (Phi) is 6.43. The SMILES string of the molecule is C=CCOc1cccc([C@@H]2/C(=C(\O)c3ccc4c(c3)C[C@@H](C)O4)C(=O)C(=O)N2c2nc3c(C)cc(C)cc3s2)c1. The van der Waals surface area contributed by atoms with Crippen molar-refractivity contribution in [2.75, 3.05) is 11.5 Å². The summed E-state index contributed by atoms with van der Waals surface area (Å²) in [5.74, 6) is -0.429. The second kappa shape index (κ2) is 9.95. The number of hydrogen-bond acceptors (Lipinski definition) is 7. The molecule has 0 aliphatic carbocycles. The number of rotatable bonds is 6. The minimum Gasteiger partial charge on any atom is -0.507 e. The Morgan fingerprint density at radius 3 is 2.83 bits per heavy atom. The highest BCUT2D eigenvalue weighted by atomic mass is 32.1. The molecule has 2 aliphatic rings. The maximum Gasteiger partial charge on any atom is 0.301 e. The molecule has 7 nitrogen and oxygen atoms in total. The van der Waals surface area contributed by atoms with Crippen molar-refractivity contribution >= 4 is 44.1 Å². The van der Waals surface area contributed by atoms with E-state index >= 15 is 0 Å². The first-order chi connectivity index (χ1) is 19.2. The summed E-state index contributed by atoms with van der Waals surface area (Å²) in [6.45, 7) is 9.97. The number of carbonyl (C=O) groups excluding carboxylic acids is 2. The number of benzene rings is 3. The van der Waals surface area contributed by atoms with Crippen LogP contribution >= 0.6 is 11.3 Å². The summed E-state index contributed by atoms with van der Waals surface area (Å²) in [6, 6.07) is 15.7. The second-order valence-electron chi connectivity index (χ2n) is 10.2. The zero-order chi connectivity index (χ0) is 28.1. The van der Waals surface area contributed by atoms with Crippen LogP contribution in [0.3, 0.4) is 0 Å². The third-order valence-corrected chi connectivity index (χ3v) is 8.18. The summed E-state index contributed by atoms with van der Waals surface area (Å²) < 4.78 is 12.5. The van der Waals surface area contributed by atoms with Crippen molar-refractivity contribution in [2.24, 2.45) is 0 Å². The Balaban J connectivity index is 1.54. The number of fused-ring (bicyclic) bond motifs is 2.